The van der Waals surface area contributed by atoms with Crippen LogP contribution < -0.4 is 5.73 Å². The van der Waals surface area contributed by atoms with Gasteiger partial charge in [-0.1, -0.05) is 0 Å². The van der Waals surface area contributed by atoms with E-state index in [0.29, 0.717) is 17.0 Å². The monoisotopic (exact) mass is 249 g/mol. The molecule has 1 saturated heterocycles. The largest absolute Gasteiger partial charge is 0.391 e. The van der Waals surface area contributed by atoms with Crippen molar-refractivity contribution in [2.24, 2.45) is 0 Å². The summed E-state index contributed by atoms with van der Waals surface area (Å²) in [5, 5.41) is 9.53. The summed E-state index contributed by atoms with van der Waals surface area (Å²) in [5.74, 6) is 0.365. The standard InChI is InChI=1S/C11H15N5O2/c1-6(17)7-2-3-8(18-7)16-5-15-9-10(12)13-4-14-11(9)16/h4-8,17H,2-3H2,1H3,(H2,12,13,14)/t6-,7+,8-/m1/s1. The second-order valence-corrected chi connectivity index (χ2v) is 4.53. The SMILES string of the molecule is C[C@@H](O)[C@@H]1CC[C@H](n2cnc3c(N)ncnc32)O1. The Morgan fingerprint density at radius 3 is 3.00 bits per heavy atom. The number of fused-ring (bicyclic) bond motifs is 1. The van der Waals surface area contributed by atoms with Gasteiger partial charge < -0.3 is 15.6 Å². The smallest absolute Gasteiger partial charge is 0.167 e. The van der Waals surface area contributed by atoms with E-state index in [4.69, 9.17) is 10.5 Å². The number of rotatable bonds is 2. The highest BCUT2D eigenvalue weighted by Crippen LogP contribution is 2.32. The molecule has 1 aliphatic heterocycles. The molecule has 3 N–H and O–H groups in total. The molecule has 1 fully saturated rings. The normalized spacial score (nSPS) is 25.7. The molecule has 0 saturated carbocycles. The molecular weight excluding hydrogens is 234 g/mol. The molecule has 3 heterocycles. The molecule has 0 aliphatic carbocycles. The van der Waals surface area contributed by atoms with Gasteiger partial charge in [0.05, 0.1) is 18.5 Å². The molecule has 0 aromatic carbocycles. The van der Waals surface area contributed by atoms with Crippen molar-refractivity contribution in [1.82, 2.24) is 19.5 Å². The number of aliphatic hydroxyl groups is 1. The lowest BCUT2D eigenvalue weighted by molar-refractivity contribution is -0.0515. The highest BCUT2D eigenvalue weighted by atomic mass is 16.5. The summed E-state index contributed by atoms with van der Waals surface area (Å²) in [6.45, 7) is 1.74. The third-order valence-corrected chi connectivity index (χ3v) is 3.27. The fraction of sp³-hybridized carbons (Fsp3) is 0.545. The quantitative estimate of drug-likeness (QED) is 0.802. The summed E-state index contributed by atoms with van der Waals surface area (Å²) in [7, 11) is 0. The van der Waals surface area contributed by atoms with Crippen LogP contribution >= 0.6 is 0 Å². The van der Waals surface area contributed by atoms with Gasteiger partial charge in [-0.15, -0.1) is 0 Å². The maximum Gasteiger partial charge on any atom is 0.167 e. The third-order valence-electron chi connectivity index (χ3n) is 3.27. The second-order valence-electron chi connectivity index (χ2n) is 4.53. The molecule has 18 heavy (non-hydrogen) atoms. The Hall–Kier alpha value is -1.73. The van der Waals surface area contributed by atoms with Crippen LogP contribution in [0.15, 0.2) is 12.7 Å². The Labute approximate surface area is 104 Å². The average Bonchev–Trinajstić information content (AvgIpc) is 2.94. The van der Waals surface area contributed by atoms with E-state index in [9.17, 15) is 5.11 Å². The van der Waals surface area contributed by atoms with Crippen LogP contribution in [0.2, 0.25) is 0 Å². The number of hydrogen-bond acceptors (Lipinski definition) is 6. The van der Waals surface area contributed by atoms with Gasteiger partial charge in [-0.25, -0.2) is 15.0 Å². The summed E-state index contributed by atoms with van der Waals surface area (Å²) in [6, 6.07) is 0. The van der Waals surface area contributed by atoms with Crippen LogP contribution in [-0.2, 0) is 4.74 Å². The molecule has 7 heteroatoms. The van der Waals surface area contributed by atoms with Gasteiger partial charge in [0.1, 0.15) is 18.1 Å². The van der Waals surface area contributed by atoms with Gasteiger partial charge in [-0.2, -0.15) is 0 Å². The van der Waals surface area contributed by atoms with Crippen molar-refractivity contribution < 1.29 is 9.84 Å². The first kappa shape index (κ1) is 11.4. The van der Waals surface area contributed by atoms with Gasteiger partial charge in [0, 0.05) is 0 Å². The van der Waals surface area contributed by atoms with Crippen molar-refractivity contribution in [1.29, 1.82) is 0 Å². The molecule has 0 amide bonds. The minimum atomic E-state index is -0.468. The van der Waals surface area contributed by atoms with Crippen LogP contribution in [-0.4, -0.2) is 36.8 Å². The van der Waals surface area contributed by atoms with E-state index in [1.807, 2.05) is 4.57 Å². The molecule has 1 aliphatic rings. The van der Waals surface area contributed by atoms with Crippen LogP contribution in [0.4, 0.5) is 5.82 Å². The average molecular weight is 249 g/mol. The zero-order valence-corrected chi connectivity index (χ0v) is 10.0. The molecule has 7 nitrogen and oxygen atoms in total. The highest BCUT2D eigenvalue weighted by Gasteiger charge is 2.30. The summed E-state index contributed by atoms with van der Waals surface area (Å²) in [6.07, 6.45) is 3.97. The number of ether oxygens (including phenoxy) is 1. The van der Waals surface area contributed by atoms with Crippen molar-refractivity contribution in [3.05, 3.63) is 12.7 Å². The third kappa shape index (κ3) is 1.72. The van der Waals surface area contributed by atoms with Crippen LogP contribution in [0.5, 0.6) is 0 Å². The van der Waals surface area contributed by atoms with E-state index in [1.165, 1.54) is 6.33 Å². The van der Waals surface area contributed by atoms with E-state index in [0.717, 1.165) is 12.8 Å². The summed E-state index contributed by atoms with van der Waals surface area (Å²) >= 11 is 0. The molecule has 0 spiro atoms. The first-order valence-corrected chi connectivity index (χ1v) is 5.93. The van der Waals surface area contributed by atoms with Crippen molar-refractivity contribution >= 4 is 17.0 Å². The van der Waals surface area contributed by atoms with Crippen LogP contribution in [0, 0.1) is 0 Å². The van der Waals surface area contributed by atoms with Gasteiger partial charge in [-0.3, -0.25) is 4.57 Å². The molecule has 2 aromatic rings. The Morgan fingerprint density at radius 2 is 2.28 bits per heavy atom. The topological polar surface area (TPSA) is 99.1 Å². The van der Waals surface area contributed by atoms with E-state index in [1.54, 1.807) is 13.3 Å². The lowest BCUT2D eigenvalue weighted by Crippen LogP contribution is -2.22. The Bertz CT molecular complexity index is 568. The van der Waals surface area contributed by atoms with Gasteiger partial charge >= 0.3 is 0 Å². The Balaban J connectivity index is 1.94. The predicted molar refractivity (Wildman–Crippen MR) is 64.6 cm³/mol. The molecule has 96 valence electrons. The molecule has 0 radical (unpaired) electrons. The zero-order valence-electron chi connectivity index (χ0n) is 10.0. The zero-order chi connectivity index (χ0) is 12.7. The second kappa shape index (κ2) is 4.18. The van der Waals surface area contributed by atoms with Crippen molar-refractivity contribution in [2.75, 3.05) is 5.73 Å². The fourth-order valence-electron chi connectivity index (χ4n) is 2.29. The number of aromatic nitrogens is 4. The van der Waals surface area contributed by atoms with Gasteiger partial charge in [0.15, 0.2) is 11.5 Å². The highest BCUT2D eigenvalue weighted by molar-refractivity contribution is 5.81. The summed E-state index contributed by atoms with van der Waals surface area (Å²) in [4.78, 5) is 12.3. The fourth-order valence-corrected chi connectivity index (χ4v) is 2.29. The molecular formula is C11H15N5O2. The van der Waals surface area contributed by atoms with Crippen molar-refractivity contribution in [3.8, 4) is 0 Å². The van der Waals surface area contributed by atoms with Crippen molar-refractivity contribution in [3.63, 3.8) is 0 Å². The van der Waals surface area contributed by atoms with Crippen LogP contribution in [0.3, 0.4) is 0 Å². The van der Waals surface area contributed by atoms with E-state index in [2.05, 4.69) is 15.0 Å². The lowest BCUT2D eigenvalue weighted by atomic mass is 10.1. The van der Waals surface area contributed by atoms with Crippen LogP contribution in [0.25, 0.3) is 11.2 Å². The maximum absolute atomic E-state index is 9.53. The van der Waals surface area contributed by atoms with Gasteiger partial charge in [0.25, 0.3) is 0 Å². The number of imidazole rings is 1. The van der Waals surface area contributed by atoms with Gasteiger partial charge in [-0.05, 0) is 19.8 Å². The molecule has 3 atom stereocenters. The number of nitrogen functional groups attached to an aromatic ring is 1. The number of nitrogens with two attached hydrogens (primary N) is 1. The lowest BCUT2D eigenvalue weighted by Gasteiger charge is -2.16. The number of aliphatic hydroxyl groups excluding tert-OH is 1. The number of nitrogens with zero attached hydrogens (tertiary/aromatic N) is 4. The summed E-state index contributed by atoms with van der Waals surface area (Å²) in [5.41, 5.74) is 6.99. The minimum absolute atomic E-state index is 0.133. The van der Waals surface area contributed by atoms with E-state index in [-0.39, 0.29) is 12.3 Å². The van der Waals surface area contributed by atoms with E-state index >= 15 is 0 Å². The van der Waals surface area contributed by atoms with Crippen LogP contribution in [0.1, 0.15) is 26.0 Å². The Morgan fingerprint density at radius 1 is 1.44 bits per heavy atom. The summed E-state index contributed by atoms with van der Waals surface area (Å²) < 4.78 is 7.63. The number of hydrogen-bond donors (Lipinski definition) is 2. The first-order valence-electron chi connectivity index (χ1n) is 5.93. The maximum atomic E-state index is 9.53. The molecule has 0 unspecified atom stereocenters. The number of anilines is 1. The molecule has 2 aromatic heterocycles. The predicted octanol–water partition coefficient (Wildman–Crippen LogP) is 0.467. The molecule has 0 bridgehead atoms. The van der Waals surface area contributed by atoms with Crippen molar-refractivity contribution in [2.45, 2.75) is 38.2 Å². The van der Waals surface area contributed by atoms with E-state index < -0.39 is 6.10 Å². The molecule has 3 rings (SSSR count). The minimum Gasteiger partial charge on any atom is -0.391 e. The first-order chi connectivity index (χ1) is 8.66. The van der Waals surface area contributed by atoms with Gasteiger partial charge in [0.2, 0.25) is 0 Å². The Kier molecular flexibility index (Phi) is 2.64.